The van der Waals surface area contributed by atoms with Crippen LogP contribution in [-0.4, -0.2) is 26.1 Å². The fraction of sp³-hybridized carbons (Fsp3) is 0.571. The Labute approximate surface area is 69.0 Å². The van der Waals surface area contributed by atoms with Gasteiger partial charge in [0.2, 0.25) is 0 Å². The Morgan fingerprint density at radius 2 is 2.42 bits per heavy atom. The summed E-state index contributed by atoms with van der Waals surface area (Å²) in [5.41, 5.74) is 0. The maximum absolute atomic E-state index is 10.6. The molecule has 0 radical (unpaired) electrons. The molecule has 0 aliphatic heterocycles. The first-order chi connectivity index (χ1) is 5.79. The van der Waals surface area contributed by atoms with Gasteiger partial charge in [-0.2, -0.15) is 0 Å². The number of carboxylic acid groups (broad SMARTS) is 1. The molecule has 1 N–H and O–H groups in total. The van der Waals surface area contributed by atoms with Crippen LogP contribution in [0.4, 0.5) is 0 Å². The predicted molar refractivity (Wildman–Crippen MR) is 39.4 cm³/mol. The lowest BCUT2D eigenvalue weighted by molar-refractivity contribution is -0.147. The molecule has 1 heterocycles. The lowest BCUT2D eigenvalue weighted by Crippen LogP contribution is -2.35. The molecule has 1 aromatic heterocycles. The minimum atomic E-state index is -0.734. The summed E-state index contributed by atoms with van der Waals surface area (Å²) >= 11 is 0. The number of aliphatic carboxylic acids is 1. The van der Waals surface area contributed by atoms with Crippen LogP contribution in [-0.2, 0) is 4.79 Å². The molecule has 0 saturated heterocycles. The highest BCUT2D eigenvalue weighted by molar-refractivity contribution is 5.71. The molecule has 0 amide bonds. The van der Waals surface area contributed by atoms with Gasteiger partial charge in [-0.05, 0) is 12.8 Å². The van der Waals surface area contributed by atoms with Gasteiger partial charge < -0.3 is 5.11 Å². The van der Waals surface area contributed by atoms with Crippen molar-refractivity contribution in [3.63, 3.8) is 0 Å². The number of rotatable bonds is 2. The van der Waals surface area contributed by atoms with Crippen LogP contribution in [0.25, 0.3) is 0 Å². The van der Waals surface area contributed by atoms with E-state index in [2.05, 4.69) is 10.3 Å². The summed E-state index contributed by atoms with van der Waals surface area (Å²) in [4.78, 5) is 10.6. The van der Waals surface area contributed by atoms with Crippen molar-refractivity contribution in [2.45, 2.75) is 18.9 Å². The smallest absolute Gasteiger partial charge is 0.308 e. The van der Waals surface area contributed by atoms with E-state index in [9.17, 15) is 4.79 Å². The fourth-order valence-corrected chi connectivity index (χ4v) is 1.48. The van der Waals surface area contributed by atoms with Gasteiger partial charge in [0.05, 0.1) is 18.2 Å². The summed E-state index contributed by atoms with van der Waals surface area (Å²) in [5.74, 6) is -1.01. The molecule has 1 aliphatic carbocycles. The van der Waals surface area contributed by atoms with Crippen LogP contribution in [0.2, 0.25) is 0 Å². The van der Waals surface area contributed by atoms with E-state index < -0.39 is 5.97 Å². The lowest BCUT2D eigenvalue weighted by atomic mass is 9.80. The Morgan fingerprint density at radius 3 is 2.83 bits per heavy atom. The summed E-state index contributed by atoms with van der Waals surface area (Å²) < 4.78 is 1.63. The van der Waals surface area contributed by atoms with E-state index in [4.69, 9.17) is 5.11 Å². The van der Waals surface area contributed by atoms with Crippen LogP contribution in [0.15, 0.2) is 12.4 Å². The first-order valence-electron chi connectivity index (χ1n) is 3.87. The van der Waals surface area contributed by atoms with Gasteiger partial charge in [0, 0.05) is 6.20 Å². The normalized spacial score (nSPS) is 28.0. The number of hydrogen-bond acceptors (Lipinski definition) is 3. The van der Waals surface area contributed by atoms with Crippen molar-refractivity contribution in [1.82, 2.24) is 15.0 Å². The van der Waals surface area contributed by atoms with Gasteiger partial charge >= 0.3 is 5.97 Å². The molecular formula is C7H9N3O2. The molecule has 2 atom stereocenters. The largest absolute Gasteiger partial charge is 0.481 e. The molecule has 64 valence electrons. The van der Waals surface area contributed by atoms with Crippen LogP contribution in [0.5, 0.6) is 0 Å². The topological polar surface area (TPSA) is 68.0 Å². The molecule has 5 nitrogen and oxygen atoms in total. The van der Waals surface area contributed by atoms with E-state index in [-0.39, 0.29) is 12.0 Å². The fourth-order valence-electron chi connectivity index (χ4n) is 1.48. The highest BCUT2D eigenvalue weighted by atomic mass is 16.4. The van der Waals surface area contributed by atoms with Gasteiger partial charge in [-0.25, -0.2) is 4.68 Å². The Hall–Kier alpha value is -1.39. The molecule has 12 heavy (non-hydrogen) atoms. The maximum atomic E-state index is 10.6. The maximum Gasteiger partial charge on any atom is 0.308 e. The molecule has 0 bridgehead atoms. The van der Waals surface area contributed by atoms with Crippen LogP contribution in [0, 0.1) is 5.92 Å². The number of aromatic nitrogens is 3. The van der Waals surface area contributed by atoms with E-state index in [1.165, 1.54) is 0 Å². The third-order valence-electron chi connectivity index (χ3n) is 2.34. The molecule has 1 aromatic rings. The quantitative estimate of drug-likeness (QED) is 0.688. The zero-order valence-corrected chi connectivity index (χ0v) is 6.42. The first-order valence-corrected chi connectivity index (χ1v) is 3.87. The predicted octanol–water partition coefficient (Wildman–Crippen LogP) is 0.314. The minimum Gasteiger partial charge on any atom is -0.481 e. The highest BCUT2D eigenvalue weighted by Gasteiger charge is 2.38. The van der Waals surface area contributed by atoms with Crippen molar-refractivity contribution in [2.24, 2.45) is 5.92 Å². The molecule has 0 spiro atoms. The average Bonchev–Trinajstić information content (AvgIpc) is 2.35. The molecular weight excluding hydrogens is 158 g/mol. The number of hydrogen-bond donors (Lipinski definition) is 1. The molecule has 1 fully saturated rings. The van der Waals surface area contributed by atoms with Crippen molar-refractivity contribution in [3.05, 3.63) is 12.4 Å². The van der Waals surface area contributed by atoms with E-state index in [0.717, 1.165) is 12.8 Å². The second-order valence-electron chi connectivity index (χ2n) is 2.97. The Bertz CT molecular complexity index is 283. The first kappa shape index (κ1) is 7.27. The summed E-state index contributed by atoms with van der Waals surface area (Å²) in [7, 11) is 0. The van der Waals surface area contributed by atoms with Crippen LogP contribution < -0.4 is 0 Å². The zero-order chi connectivity index (χ0) is 8.55. The van der Waals surface area contributed by atoms with Gasteiger partial charge in [-0.3, -0.25) is 4.79 Å². The van der Waals surface area contributed by atoms with E-state index in [1.54, 1.807) is 17.1 Å². The standard InChI is InChI=1S/C7H9N3O2/c11-7(12)5-1-2-6(5)10-4-3-8-9-10/h3-6H,1-2H2,(H,11,12). The molecule has 5 heteroatoms. The van der Waals surface area contributed by atoms with Gasteiger partial charge in [0.1, 0.15) is 0 Å². The van der Waals surface area contributed by atoms with Crippen LogP contribution in [0.1, 0.15) is 18.9 Å². The van der Waals surface area contributed by atoms with Crippen molar-refractivity contribution >= 4 is 5.97 Å². The van der Waals surface area contributed by atoms with Crippen molar-refractivity contribution in [1.29, 1.82) is 0 Å². The van der Waals surface area contributed by atoms with E-state index >= 15 is 0 Å². The van der Waals surface area contributed by atoms with Crippen molar-refractivity contribution in [2.75, 3.05) is 0 Å². The molecule has 2 unspecified atom stereocenters. The minimum absolute atomic E-state index is 0.0185. The summed E-state index contributed by atoms with van der Waals surface area (Å²) in [6.45, 7) is 0. The Morgan fingerprint density at radius 1 is 1.58 bits per heavy atom. The second-order valence-corrected chi connectivity index (χ2v) is 2.97. The third-order valence-corrected chi connectivity index (χ3v) is 2.34. The van der Waals surface area contributed by atoms with Crippen LogP contribution in [0.3, 0.4) is 0 Å². The summed E-state index contributed by atoms with van der Waals surface area (Å²) in [6.07, 6.45) is 4.91. The van der Waals surface area contributed by atoms with Crippen LogP contribution >= 0.6 is 0 Å². The second kappa shape index (κ2) is 2.58. The van der Waals surface area contributed by atoms with Gasteiger partial charge in [-0.1, -0.05) is 5.21 Å². The third kappa shape index (κ3) is 0.975. The molecule has 1 aliphatic rings. The zero-order valence-electron chi connectivity index (χ0n) is 6.42. The van der Waals surface area contributed by atoms with Gasteiger partial charge in [0.15, 0.2) is 0 Å². The monoisotopic (exact) mass is 167 g/mol. The number of carbonyl (C=O) groups is 1. The lowest BCUT2D eigenvalue weighted by Gasteiger charge is -2.32. The molecule has 2 rings (SSSR count). The summed E-state index contributed by atoms with van der Waals surface area (Å²) in [5, 5.41) is 16.2. The number of nitrogens with zero attached hydrogens (tertiary/aromatic N) is 3. The SMILES string of the molecule is O=C(O)C1CCC1n1ccnn1. The highest BCUT2D eigenvalue weighted by Crippen LogP contribution is 2.37. The van der Waals surface area contributed by atoms with E-state index in [0.29, 0.717) is 0 Å². The Balaban J connectivity index is 2.12. The van der Waals surface area contributed by atoms with Gasteiger partial charge in [-0.15, -0.1) is 5.10 Å². The average molecular weight is 167 g/mol. The molecule has 1 saturated carbocycles. The van der Waals surface area contributed by atoms with Crippen molar-refractivity contribution in [3.8, 4) is 0 Å². The number of carboxylic acids is 1. The van der Waals surface area contributed by atoms with E-state index in [1.807, 2.05) is 0 Å². The summed E-state index contributed by atoms with van der Waals surface area (Å²) in [6, 6.07) is 0.0185. The Kier molecular flexibility index (Phi) is 1.56. The van der Waals surface area contributed by atoms with Crippen molar-refractivity contribution < 1.29 is 9.90 Å². The molecule has 0 aromatic carbocycles. The van der Waals surface area contributed by atoms with Gasteiger partial charge in [0.25, 0.3) is 0 Å².